The molecule has 0 aromatic carbocycles. The minimum atomic E-state index is -4.11. The summed E-state index contributed by atoms with van der Waals surface area (Å²) in [6, 6.07) is 0.732. The van der Waals surface area contributed by atoms with Gasteiger partial charge in [0.15, 0.2) is 0 Å². The smallest absolute Gasteiger partial charge is 0.500 e. The van der Waals surface area contributed by atoms with Crippen molar-refractivity contribution in [1.29, 1.82) is 0 Å². The van der Waals surface area contributed by atoms with Crippen LogP contribution in [0, 0.1) is 6.92 Å². The van der Waals surface area contributed by atoms with Crippen LogP contribution in [0.15, 0.2) is 12.5 Å². The molecule has 1 rings (SSSR count). The van der Waals surface area contributed by atoms with E-state index in [9.17, 15) is 13.0 Å². The maximum atomic E-state index is 10.6. The molecule has 10 heteroatoms. The lowest BCUT2D eigenvalue weighted by Crippen LogP contribution is -2.42. The van der Waals surface area contributed by atoms with Gasteiger partial charge < -0.3 is 17.8 Å². The molecule has 0 fully saturated rings. The van der Waals surface area contributed by atoms with Gasteiger partial charge in [-0.05, 0) is 19.3 Å². The molecular formula is C14H28N2O6SSi. The third-order valence-electron chi connectivity index (χ3n) is 3.97. The van der Waals surface area contributed by atoms with Crippen LogP contribution in [0.5, 0.6) is 0 Å². The molecule has 0 bridgehead atoms. The van der Waals surface area contributed by atoms with Gasteiger partial charge in [0.2, 0.25) is 6.33 Å². The zero-order valence-corrected chi connectivity index (χ0v) is 16.7. The number of unbranched alkanes of at least 4 members (excludes halogenated alkanes) is 1. The van der Waals surface area contributed by atoms with Gasteiger partial charge in [0.1, 0.15) is 11.9 Å². The van der Waals surface area contributed by atoms with Crippen molar-refractivity contribution in [1.82, 2.24) is 4.57 Å². The molecule has 1 heterocycles. The highest BCUT2D eigenvalue weighted by Gasteiger charge is 2.37. The second-order valence-corrected chi connectivity index (χ2v) is 10.3. The van der Waals surface area contributed by atoms with Gasteiger partial charge in [0.25, 0.3) is 0 Å². The number of aryl methyl sites for hydroxylation is 3. The lowest BCUT2D eigenvalue weighted by Gasteiger charge is -2.23. The molecule has 1 aromatic heterocycles. The highest BCUT2D eigenvalue weighted by atomic mass is 32.2. The van der Waals surface area contributed by atoms with Gasteiger partial charge >= 0.3 is 8.80 Å². The van der Waals surface area contributed by atoms with E-state index in [1.165, 1.54) is 0 Å². The fraction of sp³-hybridized carbons (Fsp3) is 0.786. The van der Waals surface area contributed by atoms with Crippen molar-refractivity contribution >= 4 is 18.9 Å². The standard InChI is InChI=1S/C14H28N2O6SSi/c1-14-12-15(8-5-6-10-23(17,18)19)13-16(14)9-7-11-24(20-2,21-3)22-4/h12-13H,5-11H2,1-4H3. The third kappa shape index (κ3) is 6.99. The molecule has 0 aliphatic rings. The van der Waals surface area contributed by atoms with Gasteiger partial charge in [-0.25, -0.2) is 17.6 Å². The Balaban J connectivity index is 2.46. The van der Waals surface area contributed by atoms with Crippen molar-refractivity contribution in [2.75, 3.05) is 27.1 Å². The maximum absolute atomic E-state index is 10.6. The molecule has 140 valence electrons. The summed E-state index contributed by atoms with van der Waals surface area (Å²) in [7, 11) is -1.82. The summed E-state index contributed by atoms with van der Waals surface area (Å²) in [4.78, 5) is 0. The summed E-state index contributed by atoms with van der Waals surface area (Å²) in [5.41, 5.74) is 1.12. The largest absolute Gasteiger partial charge is 0.748 e. The van der Waals surface area contributed by atoms with Crippen molar-refractivity contribution in [3.8, 4) is 0 Å². The number of rotatable bonds is 12. The summed E-state index contributed by atoms with van der Waals surface area (Å²) in [6.07, 6.45) is 5.91. The van der Waals surface area contributed by atoms with Crippen LogP contribution in [0.4, 0.5) is 0 Å². The molecule has 0 unspecified atom stereocenters. The Morgan fingerprint density at radius 2 is 1.79 bits per heavy atom. The van der Waals surface area contributed by atoms with Crippen LogP contribution in [-0.4, -0.2) is 53.4 Å². The first-order chi connectivity index (χ1) is 11.2. The third-order valence-corrected chi connectivity index (χ3v) is 7.59. The second kappa shape index (κ2) is 9.64. The highest BCUT2D eigenvalue weighted by Crippen LogP contribution is 2.16. The van der Waals surface area contributed by atoms with E-state index in [2.05, 4.69) is 4.57 Å². The number of hydrogen-bond acceptors (Lipinski definition) is 6. The number of hydrogen-bond donors (Lipinski definition) is 0. The van der Waals surface area contributed by atoms with Gasteiger partial charge in [0.05, 0.1) is 23.2 Å². The average Bonchev–Trinajstić information content (AvgIpc) is 2.88. The molecule has 0 saturated carbocycles. The van der Waals surface area contributed by atoms with E-state index in [1.54, 1.807) is 21.3 Å². The first kappa shape index (κ1) is 21.3. The van der Waals surface area contributed by atoms with Crippen LogP contribution in [0.2, 0.25) is 6.04 Å². The first-order valence-electron chi connectivity index (χ1n) is 7.90. The van der Waals surface area contributed by atoms with E-state index in [0.29, 0.717) is 19.4 Å². The van der Waals surface area contributed by atoms with Crippen molar-refractivity contribution in [2.24, 2.45) is 0 Å². The predicted octanol–water partition coefficient (Wildman–Crippen LogP) is 0.678. The Kier molecular flexibility index (Phi) is 8.54. The topological polar surface area (TPSA) is 93.7 Å². The fourth-order valence-corrected chi connectivity index (χ4v) is 4.83. The minimum absolute atomic E-state index is 0.301. The summed E-state index contributed by atoms with van der Waals surface area (Å²) in [5, 5.41) is 0. The monoisotopic (exact) mass is 380 g/mol. The number of aromatic nitrogens is 2. The predicted molar refractivity (Wildman–Crippen MR) is 89.4 cm³/mol. The van der Waals surface area contributed by atoms with Crippen LogP contribution in [0.3, 0.4) is 0 Å². The summed E-state index contributed by atoms with van der Waals surface area (Å²) in [5.74, 6) is -0.301. The van der Waals surface area contributed by atoms with Crippen molar-refractivity contribution < 1.29 is 30.8 Å². The molecule has 0 aliphatic carbocycles. The first-order valence-corrected chi connectivity index (χ1v) is 11.4. The molecule has 0 radical (unpaired) electrons. The molecule has 0 N–H and O–H groups in total. The lowest BCUT2D eigenvalue weighted by molar-refractivity contribution is -0.697. The quantitative estimate of drug-likeness (QED) is 0.229. The Morgan fingerprint density at radius 1 is 1.17 bits per heavy atom. The molecule has 1 aromatic rings. The minimum Gasteiger partial charge on any atom is -0.748 e. The van der Waals surface area contributed by atoms with Crippen LogP contribution in [0.25, 0.3) is 0 Å². The zero-order valence-electron chi connectivity index (χ0n) is 14.9. The lowest BCUT2D eigenvalue weighted by atomic mass is 10.3. The van der Waals surface area contributed by atoms with Crippen LogP contribution >= 0.6 is 0 Å². The highest BCUT2D eigenvalue weighted by molar-refractivity contribution is 7.85. The fourth-order valence-electron chi connectivity index (χ4n) is 2.57. The molecule has 0 spiro atoms. The van der Waals surface area contributed by atoms with Gasteiger partial charge in [-0.2, -0.15) is 0 Å². The van der Waals surface area contributed by atoms with Gasteiger partial charge in [-0.1, -0.05) is 0 Å². The van der Waals surface area contributed by atoms with E-state index in [0.717, 1.165) is 24.7 Å². The van der Waals surface area contributed by atoms with Crippen LogP contribution in [-0.2, 0) is 36.5 Å². The van der Waals surface area contributed by atoms with Gasteiger partial charge in [-0.15, -0.1) is 0 Å². The average molecular weight is 381 g/mol. The summed E-state index contributed by atoms with van der Waals surface area (Å²) >= 11 is 0. The normalized spacial score (nSPS) is 12.7. The van der Waals surface area contributed by atoms with Gasteiger partial charge in [0, 0.05) is 40.1 Å². The molecule has 0 amide bonds. The molecule has 24 heavy (non-hydrogen) atoms. The Morgan fingerprint density at radius 3 is 2.33 bits per heavy atom. The summed E-state index contributed by atoms with van der Waals surface area (Å²) in [6.45, 7) is 3.53. The van der Waals surface area contributed by atoms with Gasteiger partial charge in [-0.3, -0.25) is 0 Å². The number of nitrogens with zero attached hydrogens (tertiary/aromatic N) is 2. The summed E-state index contributed by atoms with van der Waals surface area (Å²) < 4.78 is 52.1. The van der Waals surface area contributed by atoms with E-state index in [4.69, 9.17) is 13.3 Å². The van der Waals surface area contributed by atoms with E-state index < -0.39 is 18.9 Å². The SMILES string of the molecule is CO[Si](CCCn1c[n+](CCCCS(=O)(=O)[O-])cc1C)(OC)OC. The molecule has 0 saturated heterocycles. The van der Waals surface area contributed by atoms with E-state index in [-0.39, 0.29) is 5.75 Å². The van der Waals surface area contributed by atoms with E-state index in [1.807, 2.05) is 24.0 Å². The van der Waals surface area contributed by atoms with Crippen LogP contribution < -0.4 is 4.57 Å². The zero-order chi connectivity index (χ0) is 18.2. The second-order valence-electron chi connectivity index (χ2n) is 5.69. The number of imidazole rings is 1. The van der Waals surface area contributed by atoms with Crippen molar-refractivity contribution in [3.05, 3.63) is 18.2 Å². The molecule has 8 nitrogen and oxygen atoms in total. The Bertz CT molecular complexity index is 592. The van der Waals surface area contributed by atoms with Crippen molar-refractivity contribution in [2.45, 2.75) is 45.3 Å². The van der Waals surface area contributed by atoms with Crippen molar-refractivity contribution in [3.63, 3.8) is 0 Å². The van der Waals surface area contributed by atoms with Crippen LogP contribution in [0.1, 0.15) is 25.0 Å². The molecular weight excluding hydrogens is 352 g/mol. The maximum Gasteiger partial charge on any atom is 0.500 e. The molecule has 0 atom stereocenters. The van der Waals surface area contributed by atoms with E-state index >= 15 is 0 Å². The Labute approximate surface area is 145 Å². The Hall–Kier alpha value is -0.783. The molecule has 0 aliphatic heterocycles.